The largest absolute Gasteiger partial charge is 0.494 e. The standard InChI is InChI=1S/C36H41F18NO6/c1-5-27(2,3)26(57)55-22-10-14-24(15-11-22)61-25(56)16-9-21-7-12-23(13-8-21)58-18-6-17-28(4,59-19-29(37,38)31(41,42)33(45,46)35(49,50)51)60-20-30(39,40)32(43,44)34(47,48)36(52,53)54/h7-9,12-13,16,22,24H,5-6,10-11,14-15,17-20H2,1-4H3,(H,55,57)/b16-9+/t22-,24-. The number of carbonyl (C=O) groups is 2. The van der Waals surface area contributed by atoms with Gasteiger partial charge >= 0.3 is 53.9 Å². The van der Waals surface area contributed by atoms with Gasteiger partial charge in [-0.05, 0) is 69.2 Å². The zero-order valence-corrected chi connectivity index (χ0v) is 32.4. The molecule has 352 valence electrons. The molecule has 0 heterocycles. The molecule has 1 saturated carbocycles. The molecule has 2 rings (SSSR count). The molecule has 1 N–H and O–H groups in total. The summed E-state index contributed by atoms with van der Waals surface area (Å²) < 4.78 is 259. The summed E-state index contributed by atoms with van der Waals surface area (Å²) in [5, 5.41) is 2.99. The molecule has 0 unspecified atom stereocenters. The SMILES string of the molecule is CCC(C)(C)C(=O)N[C@H]1CC[C@H](OC(=O)/C=C/c2ccc(OCCCC(C)(OCC(F)(F)C(F)(F)C(F)(F)C(F)(F)F)OCC(F)(F)C(F)(F)C(F)(F)C(F)(F)F)cc2)CC1. The molecule has 7 nitrogen and oxygen atoms in total. The Labute approximate surface area is 336 Å². The summed E-state index contributed by atoms with van der Waals surface area (Å²) in [7, 11) is 0. The quantitative estimate of drug-likeness (QED) is 0.0435. The molecule has 0 aromatic heterocycles. The van der Waals surface area contributed by atoms with Gasteiger partial charge in [0.05, 0.1) is 6.61 Å². The van der Waals surface area contributed by atoms with E-state index in [-0.39, 0.29) is 24.6 Å². The van der Waals surface area contributed by atoms with Gasteiger partial charge in [-0.25, -0.2) is 4.79 Å². The highest BCUT2D eigenvalue weighted by Crippen LogP contribution is 2.55. The predicted octanol–water partition coefficient (Wildman–Crippen LogP) is 11.0. The minimum absolute atomic E-state index is 0.0458. The van der Waals surface area contributed by atoms with E-state index in [1.54, 1.807) is 0 Å². The molecular weight excluding hydrogens is 884 g/mol. The summed E-state index contributed by atoms with van der Waals surface area (Å²) in [5.41, 5.74) is -0.155. The van der Waals surface area contributed by atoms with Crippen LogP contribution in [0.5, 0.6) is 5.75 Å². The molecule has 1 amide bonds. The maximum Gasteiger partial charge on any atom is 0.460 e. The van der Waals surface area contributed by atoms with Crippen LogP contribution in [0.3, 0.4) is 0 Å². The summed E-state index contributed by atoms with van der Waals surface area (Å²) in [4.78, 5) is 24.8. The minimum atomic E-state index is -7.46. The number of carbonyl (C=O) groups excluding carboxylic acids is 2. The van der Waals surface area contributed by atoms with Crippen LogP contribution in [0, 0.1) is 5.41 Å². The topological polar surface area (TPSA) is 83.1 Å². The number of hydrogen-bond donors (Lipinski definition) is 1. The molecule has 25 heteroatoms. The Morgan fingerprint density at radius 3 is 1.52 bits per heavy atom. The third-order valence-corrected chi connectivity index (χ3v) is 9.66. The van der Waals surface area contributed by atoms with Crippen molar-refractivity contribution < 1.29 is 108 Å². The number of rotatable bonds is 21. The number of ether oxygens (including phenoxy) is 4. The van der Waals surface area contributed by atoms with E-state index in [1.807, 2.05) is 20.8 Å². The molecular formula is C36H41F18NO6. The molecule has 1 aliphatic carbocycles. The Balaban J connectivity index is 2.09. The number of benzene rings is 1. The highest BCUT2D eigenvalue weighted by Gasteiger charge is 2.83. The molecule has 0 radical (unpaired) electrons. The molecule has 61 heavy (non-hydrogen) atoms. The smallest absolute Gasteiger partial charge is 0.460 e. The number of nitrogens with one attached hydrogen (secondary N) is 1. The lowest BCUT2D eigenvalue weighted by atomic mass is 9.87. The number of amides is 1. The zero-order chi connectivity index (χ0) is 47.3. The van der Waals surface area contributed by atoms with Crippen LogP contribution in [0.2, 0.25) is 0 Å². The van der Waals surface area contributed by atoms with Crippen molar-refractivity contribution in [2.24, 2.45) is 5.41 Å². The highest BCUT2D eigenvalue weighted by molar-refractivity contribution is 5.87. The average Bonchev–Trinajstić information content (AvgIpc) is 3.14. The van der Waals surface area contributed by atoms with Crippen LogP contribution in [0.15, 0.2) is 30.3 Å². The number of alkyl halides is 18. The first kappa shape index (κ1) is 53.5. The van der Waals surface area contributed by atoms with Crippen molar-refractivity contribution in [2.75, 3.05) is 19.8 Å². The predicted molar refractivity (Wildman–Crippen MR) is 177 cm³/mol. The fraction of sp³-hybridized carbons (Fsp3) is 0.722. The number of esters is 1. The van der Waals surface area contributed by atoms with Crippen molar-refractivity contribution in [3.05, 3.63) is 35.9 Å². The van der Waals surface area contributed by atoms with Gasteiger partial charge in [-0.15, -0.1) is 0 Å². The molecule has 0 spiro atoms. The Morgan fingerprint density at radius 2 is 1.11 bits per heavy atom. The van der Waals surface area contributed by atoms with Crippen LogP contribution in [-0.4, -0.2) is 97.5 Å². The first-order valence-electron chi connectivity index (χ1n) is 18.0. The van der Waals surface area contributed by atoms with Crippen molar-refractivity contribution >= 4 is 18.0 Å². The average molecular weight is 926 g/mol. The van der Waals surface area contributed by atoms with Gasteiger partial charge in [0, 0.05) is 24.0 Å². The van der Waals surface area contributed by atoms with Crippen LogP contribution >= 0.6 is 0 Å². The molecule has 1 aromatic carbocycles. The van der Waals surface area contributed by atoms with Gasteiger partial charge in [-0.3, -0.25) is 4.79 Å². The maximum absolute atomic E-state index is 14.2. The van der Waals surface area contributed by atoms with E-state index in [0.717, 1.165) is 6.08 Å². The van der Waals surface area contributed by atoms with E-state index < -0.39 is 104 Å². The third kappa shape index (κ3) is 12.7. The van der Waals surface area contributed by atoms with Gasteiger partial charge in [-0.1, -0.05) is 32.9 Å². The van der Waals surface area contributed by atoms with Crippen LogP contribution < -0.4 is 10.1 Å². The van der Waals surface area contributed by atoms with Gasteiger partial charge in [0.2, 0.25) is 5.91 Å². The zero-order valence-electron chi connectivity index (χ0n) is 32.4. The lowest BCUT2D eigenvalue weighted by Gasteiger charge is -2.38. The molecule has 0 atom stereocenters. The Bertz CT molecular complexity index is 1580. The fourth-order valence-corrected chi connectivity index (χ4v) is 5.16. The van der Waals surface area contributed by atoms with Crippen LogP contribution in [0.25, 0.3) is 6.08 Å². The van der Waals surface area contributed by atoms with Gasteiger partial charge in [0.25, 0.3) is 0 Å². The second-order valence-electron chi connectivity index (χ2n) is 14.9. The Kier molecular flexibility index (Phi) is 16.7. The molecule has 1 aliphatic rings. The summed E-state index contributed by atoms with van der Waals surface area (Å²) in [5.74, 6) is -47.0. The maximum atomic E-state index is 14.2. The van der Waals surface area contributed by atoms with Crippen molar-refractivity contribution in [2.45, 2.75) is 138 Å². The van der Waals surface area contributed by atoms with Crippen LogP contribution in [0.1, 0.15) is 78.2 Å². The van der Waals surface area contributed by atoms with E-state index in [9.17, 15) is 88.6 Å². The first-order valence-corrected chi connectivity index (χ1v) is 18.0. The van der Waals surface area contributed by atoms with E-state index in [0.29, 0.717) is 37.7 Å². The lowest BCUT2D eigenvalue weighted by molar-refractivity contribution is -0.413. The summed E-state index contributed by atoms with van der Waals surface area (Å²) in [6.45, 7) is -1.53. The third-order valence-electron chi connectivity index (χ3n) is 9.66. The normalized spacial score (nSPS) is 18.3. The molecule has 1 fully saturated rings. The number of halogens is 18. The van der Waals surface area contributed by atoms with Gasteiger partial charge in [-0.2, -0.15) is 79.0 Å². The monoisotopic (exact) mass is 925 g/mol. The fourth-order valence-electron chi connectivity index (χ4n) is 5.16. The Morgan fingerprint density at radius 1 is 0.672 bits per heavy atom. The van der Waals surface area contributed by atoms with E-state index in [1.165, 1.54) is 30.3 Å². The molecule has 0 aliphatic heterocycles. The molecule has 0 saturated heterocycles. The first-order chi connectivity index (χ1) is 27.4. The summed E-state index contributed by atoms with van der Waals surface area (Å²) in [6.07, 6.45) is -11.9. The summed E-state index contributed by atoms with van der Waals surface area (Å²) in [6, 6.07) is 5.14. The van der Waals surface area contributed by atoms with Gasteiger partial charge in [0.1, 0.15) is 25.1 Å². The Hall–Kier alpha value is -3.64. The van der Waals surface area contributed by atoms with Crippen molar-refractivity contribution in [1.29, 1.82) is 0 Å². The van der Waals surface area contributed by atoms with Crippen LogP contribution in [0.4, 0.5) is 79.0 Å². The van der Waals surface area contributed by atoms with Crippen molar-refractivity contribution in [3.63, 3.8) is 0 Å². The molecule has 0 bridgehead atoms. The van der Waals surface area contributed by atoms with E-state index in [4.69, 9.17) is 9.47 Å². The lowest BCUT2D eigenvalue weighted by Crippen LogP contribution is -2.63. The highest BCUT2D eigenvalue weighted by atomic mass is 19.4. The number of hydrogen-bond acceptors (Lipinski definition) is 6. The molecule has 1 aromatic rings. The van der Waals surface area contributed by atoms with E-state index >= 15 is 0 Å². The summed E-state index contributed by atoms with van der Waals surface area (Å²) >= 11 is 0. The van der Waals surface area contributed by atoms with Crippen molar-refractivity contribution in [3.8, 4) is 5.75 Å². The van der Waals surface area contributed by atoms with Crippen molar-refractivity contribution in [1.82, 2.24) is 5.32 Å². The van der Waals surface area contributed by atoms with Gasteiger partial charge in [0.15, 0.2) is 5.79 Å². The van der Waals surface area contributed by atoms with Crippen LogP contribution in [-0.2, 0) is 23.8 Å². The van der Waals surface area contributed by atoms with Gasteiger partial charge < -0.3 is 24.3 Å². The van der Waals surface area contributed by atoms with E-state index in [2.05, 4.69) is 14.8 Å². The minimum Gasteiger partial charge on any atom is -0.494 e. The second-order valence-corrected chi connectivity index (χ2v) is 14.9. The second kappa shape index (κ2) is 19.0.